The Kier molecular flexibility index (Phi) is 5.59. The third-order valence-electron chi connectivity index (χ3n) is 3.50. The van der Waals surface area contributed by atoms with Crippen LogP contribution in [0.15, 0.2) is 24.3 Å². The molecule has 1 aromatic rings. The number of nitrogens with one attached hydrogen (secondary N) is 2. The molecule has 0 bridgehead atoms. The molecule has 0 aliphatic carbocycles. The summed E-state index contributed by atoms with van der Waals surface area (Å²) in [6, 6.07) is 7.27. The fourth-order valence-corrected chi connectivity index (χ4v) is 4.24. The molecule has 1 saturated heterocycles. The highest BCUT2D eigenvalue weighted by Crippen LogP contribution is 2.21. The Bertz CT molecular complexity index is 687. The molecule has 2 amide bonds. The molecular weight excluding hydrogens is 320 g/mol. The predicted octanol–water partition coefficient (Wildman–Crippen LogP) is 0.346. The monoisotopic (exact) mass is 340 g/mol. The van der Waals surface area contributed by atoms with Gasteiger partial charge < -0.3 is 4.74 Å². The number of hydrazine groups is 1. The zero-order chi connectivity index (χ0) is 16.9. The first-order valence-corrected chi connectivity index (χ1v) is 9.14. The van der Waals surface area contributed by atoms with E-state index < -0.39 is 21.7 Å². The van der Waals surface area contributed by atoms with Gasteiger partial charge in [-0.15, -0.1) is 0 Å². The van der Waals surface area contributed by atoms with Crippen molar-refractivity contribution in [1.82, 2.24) is 10.9 Å². The van der Waals surface area contributed by atoms with Crippen LogP contribution in [0.1, 0.15) is 18.4 Å². The van der Waals surface area contributed by atoms with Crippen molar-refractivity contribution in [3.63, 3.8) is 0 Å². The third kappa shape index (κ3) is 5.90. The van der Waals surface area contributed by atoms with Crippen molar-refractivity contribution in [3.8, 4) is 5.75 Å². The molecule has 1 atom stereocenters. The van der Waals surface area contributed by atoms with E-state index in [1.54, 1.807) is 12.1 Å². The second-order valence-electron chi connectivity index (χ2n) is 5.67. The van der Waals surface area contributed by atoms with Gasteiger partial charge in [0.2, 0.25) is 5.91 Å². The lowest BCUT2D eigenvalue weighted by Crippen LogP contribution is -2.44. The van der Waals surface area contributed by atoms with Crippen molar-refractivity contribution >= 4 is 21.7 Å². The molecule has 1 fully saturated rings. The van der Waals surface area contributed by atoms with Gasteiger partial charge in [0.1, 0.15) is 5.75 Å². The molecule has 0 spiro atoms. The number of amides is 2. The molecule has 0 saturated carbocycles. The van der Waals surface area contributed by atoms with Crippen molar-refractivity contribution in [2.45, 2.75) is 19.8 Å². The van der Waals surface area contributed by atoms with E-state index in [2.05, 4.69) is 10.9 Å². The van der Waals surface area contributed by atoms with Crippen LogP contribution in [0.25, 0.3) is 0 Å². The number of ether oxygens (including phenoxy) is 1. The van der Waals surface area contributed by atoms with Crippen LogP contribution in [0.3, 0.4) is 0 Å². The Balaban J connectivity index is 1.67. The average molecular weight is 340 g/mol. The van der Waals surface area contributed by atoms with Crippen LogP contribution in [0, 0.1) is 12.8 Å². The van der Waals surface area contributed by atoms with Crippen molar-refractivity contribution in [1.29, 1.82) is 0 Å². The zero-order valence-corrected chi connectivity index (χ0v) is 13.7. The summed E-state index contributed by atoms with van der Waals surface area (Å²) in [4.78, 5) is 23.3. The van der Waals surface area contributed by atoms with E-state index in [9.17, 15) is 18.0 Å². The molecule has 1 unspecified atom stereocenters. The zero-order valence-electron chi connectivity index (χ0n) is 12.9. The Hall–Kier alpha value is -2.09. The number of carbonyl (C=O) groups is 2. The van der Waals surface area contributed by atoms with Crippen LogP contribution < -0.4 is 15.6 Å². The molecule has 2 rings (SSSR count). The maximum absolute atomic E-state index is 11.7. The van der Waals surface area contributed by atoms with Gasteiger partial charge >= 0.3 is 0 Å². The van der Waals surface area contributed by atoms with Gasteiger partial charge in [-0.1, -0.05) is 12.1 Å². The fourth-order valence-electron chi connectivity index (χ4n) is 2.38. The van der Waals surface area contributed by atoms with E-state index >= 15 is 0 Å². The highest BCUT2D eigenvalue weighted by molar-refractivity contribution is 7.91. The van der Waals surface area contributed by atoms with E-state index in [0.717, 1.165) is 5.56 Å². The third-order valence-corrected chi connectivity index (χ3v) is 5.34. The van der Waals surface area contributed by atoms with Gasteiger partial charge in [-0.05, 0) is 37.0 Å². The Labute approximate surface area is 135 Å². The molecule has 8 heteroatoms. The number of rotatable bonds is 5. The number of sulfone groups is 1. The first kappa shape index (κ1) is 17.3. The lowest BCUT2D eigenvalue weighted by molar-refractivity contribution is -0.130. The van der Waals surface area contributed by atoms with E-state index in [1.807, 2.05) is 19.1 Å². The molecular formula is C15H20N2O5S. The molecule has 1 aliphatic heterocycles. The second kappa shape index (κ2) is 7.45. The summed E-state index contributed by atoms with van der Waals surface area (Å²) in [7, 11) is -3.00. The molecule has 7 nitrogen and oxygen atoms in total. The maximum Gasteiger partial charge on any atom is 0.276 e. The molecule has 23 heavy (non-hydrogen) atoms. The highest BCUT2D eigenvalue weighted by Gasteiger charge is 2.29. The molecule has 126 valence electrons. The molecule has 0 radical (unpaired) electrons. The largest absolute Gasteiger partial charge is 0.484 e. The summed E-state index contributed by atoms with van der Waals surface area (Å²) in [5, 5.41) is 0. The lowest BCUT2D eigenvalue weighted by atomic mass is 10.1. The average Bonchev–Trinajstić information content (AvgIpc) is 2.82. The van der Waals surface area contributed by atoms with Gasteiger partial charge in [-0.2, -0.15) is 0 Å². The van der Waals surface area contributed by atoms with Crippen molar-refractivity contribution < 1.29 is 22.7 Å². The van der Waals surface area contributed by atoms with Gasteiger partial charge in [0.05, 0.1) is 11.5 Å². The van der Waals surface area contributed by atoms with Gasteiger partial charge in [-0.25, -0.2) is 8.42 Å². The first-order valence-electron chi connectivity index (χ1n) is 7.31. The number of hydrogen-bond donors (Lipinski definition) is 2. The summed E-state index contributed by atoms with van der Waals surface area (Å²) in [5.74, 6) is -0.343. The summed E-state index contributed by atoms with van der Waals surface area (Å²) in [6.45, 7) is 1.69. The van der Waals surface area contributed by atoms with Crippen LogP contribution >= 0.6 is 0 Å². The van der Waals surface area contributed by atoms with Crippen LogP contribution in [0.5, 0.6) is 5.75 Å². The minimum absolute atomic E-state index is 0.0326. The molecule has 1 aromatic carbocycles. The van der Waals surface area contributed by atoms with Crippen molar-refractivity contribution in [2.24, 2.45) is 5.92 Å². The quantitative estimate of drug-likeness (QED) is 0.753. The fraction of sp³-hybridized carbons (Fsp3) is 0.467. The number of hydrogen-bond acceptors (Lipinski definition) is 5. The van der Waals surface area contributed by atoms with E-state index in [0.29, 0.717) is 12.2 Å². The Morgan fingerprint density at radius 3 is 2.65 bits per heavy atom. The topological polar surface area (TPSA) is 102 Å². The summed E-state index contributed by atoms with van der Waals surface area (Å²) >= 11 is 0. The van der Waals surface area contributed by atoms with E-state index in [4.69, 9.17) is 4.74 Å². The van der Waals surface area contributed by atoms with Crippen molar-refractivity contribution in [3.05, 3.63) is 29.8 Å². The van der Waals surface area contributed by atoms with Gasteiger partial charge in [0.25, 0.3) is 5.91 Å². The number of benzene rings is 1. The van der Waals surface area contributed by atoms with Crippen LogP contribution in [0.2, 0.25) is 0 Å². The Morgan fingerprint density at radius 2 is 2.00 bits per heavy atom. The molecule has 2 N–H and O–H groups in total. The lowest BCUT2D eigenvalue weighted by Gasteiger charge is -2.11. The predicted molar refractivity (Wildman–Crippen MR) is 84.3 cm³/mol. The number of carbonyl (C=O) groups excluding carboxylic acids is 2. The minimum Gasteiger partial charge on any atom is -0.484 e. The SMILES string of the molecule is Cc1cccc(OCC(=O)NNC(=O)CC2CCS(=O)(=O)C2)c1. The van der Waals surface area contributed by atoms with Crippen molar-refractivity contribution in [2.75, 3.05) is 18.1 Å². The van der Waals surface area contributed by atoms with Crippen LogP contribution in [0.4, 0.5) is 0 Å². The summed E-state index contributed by atoms with van der Waals surface area (Å²) in [5.41, 5.74) is 5.54. The first-order chi connectivity index (χ1) is 10.8. The summed E-state index contributed by atoms with van der Waals surface area (Å²) in [6.07, 6.45) is 0.568. The Morgan fingerprint density at radius 1 is 1.26 bits per heavy atom. The van der Waals surface area contributed by atoms with Gasteiger partial charge in [0, 0.05) is 6.42 Å². The minimum atomic E-state index is -3.00. The van der Waals surface area contributed by atoms with E-state index in [-0.39, 0.29) is 30.5 Å². The molecule has 1 heterocycles. The standard InChI is InChI=1S/C15H20N2O5S/c1-11-3-2-4-13(7-11)22-9-15(19)17-16-14(18)8-12-5-6-23(20,21)10-12/h2-4,7,12H,5-6,8-10H2,1H3,(H,16,18)(H,17,19). The smallest absolute Gasteiger partial charge is 0.276 e. The van der Waals surface area contributed by atoms with E-state index in [1.165, 1.54) is 0 Å². The van der Waals surface area contributed by atoms with Gasteiger partial charge in [-0.3, -0.25) is 20.4 Å². The highest BCUT2D eigenvalue weighted by atomic mass is 32.2. The maximum atomic E-state index is 11.7. The van der Waals surface area contributed by atoms with Crippen LogP contribution in [-0.4, -0.2) is 38.3 Å². The summed E-state index contributed by atoms with van der Waals surface area (Å²) < 4.78 is 27.9. The van der Waals surface area contributed by atoms with Crippen LogP contribution in [-0.2, 0) is 19.4 Å². The second-order valence-corrected chi connectivity index (χ2v) is 7.90. The molecule has 1 aliphatic rings. The number of aryl methyl sites for hydroxylation is 1. The molecule has 0 aromatic heterocycles. The normalized spacial score (nSPS) is 19.1. The van der Waals surface area contributed by atoms with Gasteiger partial charge in [0.15, 0.2) is 16.4 Å².